The first-order valence-corrected chi connectivity index (χ1v) is 6.76. The molecule has 0 aliphatic heterocycles. The minimum atomic E-state index is -0.656. The Morgan fingerprint density at radius 2 is 1.77 bits per heavy atom. The lowest BCUT2D eigenvalue weighted by atomic mass is 10.0. The first kappa shape index (κ1) is 17.6. The van der Waals surface area contributed by atoms with Gasteiger partial charge in [0.2, 0.25) is 5.78 Å². The Morgan fingerprint density at radius 1 is 1.14 bits per heavy atom. The number of esters is 1. The SMILES string of the molecule is CCOC(=O)/C(=C/N(C)C)C(=O)c1ccc(OC)c(OC)c1. The van der Waals surface area contributed by atoms with Crippen LogP contribution in [0.25, 0.3) is 0 Å². The molecule has 0 aliphatic rings. The monoisotopic (exact) mass is 307 g/mol. The molecular formula is C16H21NO5. The van der Waals surface area contributed by atoms with Gasteiger partial charge < -0.3 is 19.1 Å². The molecule has 0 spiro atoms. The van der Waals surface area contributed by atoms with Crippen molar-refractivity contribution in [3.8, 4) is 11.5 Å². The number of hydrogen-bond donors (Lipinski definition) is 0. The van der Waals surface area contributed by atoms with Gasteiger partial charge in [0.25, 0.3) is 0 Å². The fourth-order valence-corrected chi connectivity index (χ4v) is 1.80. The van der Waals surface area contributed by atoms with E-state index in [1.165, 1.54) is 26.5 Å². The molecule has 0 saturated heterocycles. The Balaban J connectivity index is 3.22. The molecule has 6 heteroatoms. The molecule has 1 aromatic carbocycles. The van der Waals surface area contributed by atoms with Crippen LogP contribution in [0.3, 0.4) is 0 Å². The van der Waals surface area contributed by atoms with Crippen LogP contribution in [0.4, 0.5) is 0 Å². The molecule has 0 bridgehead atoms. The molecule has 0 heterocycles. The minimum Gasteiger partial charge on any atom is -0.493 e. The lowest BCUT2D eigenvalue weighted by Gasteiger charge is -2.12. The van der Waals surface area contributed by atoms with Gasteiger partial charge in [-0.2, -0.15) is 0 Å². The second kappa shape index (κ2) is 8.07. The van der Waals surface area contributed by atoms with Crippen LogP contribution in [-0.2, 0) is 9.53 Å². The van der Waals surface area contributed by atoms with Gasteiger partial charge in [0.1, 0.15) is 5.57 Å². The van der Waals surface area contributed by atoms with E-state index in [4.69, 9.17) is 14.2 Å². The number of rotatable bonds is 7. The molecule has 0 amide bonds. The maximum atomic E-state index is 12.6. The Hall–Kier alpha value is -2.50. The number of ketones is 1. The Labute approximate surface area is 130 Å². The van der Waals surface area contributed by atoms with E-state index in [0.29, 0.717) is 17.1 Å². The zero-order chi connectivity index (χ0) is 16.7. The standard InChI is InChI=1S/C16H21NO5/c1-6-22-16(19)12(10-17(2)3)15(18)11-7-8-13(20-4)14(9-11)21-5/h7-10H,6H2,1-5H3/b12-10+. The Kier molecular flexibility index (Phi) is 6.44. The van der Waals surface area contributed by atoms with Crippen molar-refractivity contribution in [2.24, 2.45) is 0 Å². The Bertz CT molecular complexity index is 578. The maximum Gasteiger partial charge on any atom is 0.343 e. The molecule has 22 heavy (non-hydrogen) atoms. The number of carbonyl (C=O) groups excluding carboxylic acids is 2. The van der Waals surface area contributed by atoms with E-state index >= 15 is 0 Å². The van der Waals surface area contributed by atoms with E-state index in [-0.39, 0.29) is 12.2 Å². The van der Waals surface area contributed by atoms with E-state index in [1.54, 1.807) is 38.1 Å². The summed E-state index contributed by atoms with van der Waals surface area (Å²) in [6.07, 6.45) is 1.44. The summed E-state index contributed by atoms with van der Waals surface area (Å²) in [5.74, 6) is -0.168. The second-order valence-corrected chi connectivity index (χ2v) is 4.63. The summed E-state index contributed by atoms with van der Waals surface area (Å²) in [4.78, 5) is 26.2. The van der Waals surface area contributed by atoms with E-state index in [0.717, 1.165) is 0 Å². The summed E-state index contributed by atoms with van der Waals surface area (Å²) in [5, 5.41) is 0. The van der Waals surface area contributed by atoms with Gasteiger partial charge in [-0.25, -0.2) is 4.79 Å². The van der Waals surface area contributed by atoms with Crippen LogP contribution in [-0.4, -0.2) is 51.6 Å². The fraction of sp³-hybridized carbons (Fsp3) is 0.375. The second-order valence-electron chi connectivity index (χ2n) is 4.63. The first-order valence-electron chi connectivity index (χ1n) is 6.76. The number of benzene rings is 1. The highest BCUT2D eigenvalue weighted by Crippen LogP contribution is 2.28. The van der Waals surface area contributed by atoms with Gasteiger partial charge in [-0.1, -0.05) is 0 Å². The quantitative estimate of drug-likeness (QED) is 0.252. The van der Waals surface area contributed by atoms with Crippen LogP contribution >= 0.6 is 0 Å². The molecule has 0 saturated carbocycles. The molecule has 0 atom stereocenters. The summed E-state index contributed by atoms with van der Waals surface area (Å²) >= 11 is 0. The van der Waals surface area contributed by atoms with E-state index in [1.807, 2.05) is 0 Å². The molecule has 0 unspecified atom stereocenters. The summed E-state index contributed by atoms with van der Waals surface area (Å²) in [5.41, 5.74) is 0.276. The van der Waals surface area contributed by atoms with Crippen LogP contribution in [0.2, 0.25) is 0 Å². The van der Waals surface area contributed by atoms with Gasteiger partial charge in [0.05, 0.1) is 20.8 Å². The van der Waals surface area contributed by atoms with Gasteiger partial charge in [-0.05, 0) is 25.1 Å². The molecule has 0 N–H and O–H groups in total. The van der Waals surface area contributed by atoms with E-state index < -0.39 is 11.8 Å². The highest BCUT2D eigenvalue weighted by atomic mass is 16.5. The number of ether oxygens (including phenoxy) is 3. The lowest BCUT2D eigenvalue weighted by molar-refractivity contribution is -0.138. The zero-order valence-electron chi connectivity index (χ0n) is 13.5. The number of Topliss-reactive ketones (excluding diaryl/α,β-unsaturated/α-hetero) is 1. The fourth-order valence-electron chi connectivity index (χ4n) is 1.80. The Morgan fingerprint density at radius 3 is 2.27 bits per heavy atom. The lowest BCUT2D eigenvalue weighted by Crippen LogP contribution is -2.19. The van der Waals surface area contributed by atoms with Crippen molar-refractivity contribution in [1.29, 1.82) is 0 Å². The molecule has 0 radical (unpaired) electrons. The highest BCUT2D eigenvalue weighted by molar-refractivity contribution is 6.24. The third kappa shape index (κ3) is 4.25. The van der Waals surface area contributed by atoms with Gasteiger partial charge in [-0.15, -0.1) is 0 Å². The van der Waals surface area contributed by atoms with Crippen molar-refractivity contribution in [3.05, 3.63) is 35.5 Å². The van der Waals surface area contributed by atoms with Crippen molar-refractivity contribution < 1.29 is 23.8 Å². The smallest absolute Gasteiger partial charge is 0.343 e. The molecule has 0 aromatic heterocycles. The minimum absolute atomic E-state index is 0.0425. The van der Waals surface area contributed by atoms with Crippen LogP contribution < -0.4 is 9.47 Å². The topological polar surface area (TPSA) is 65.1 Å². The predicted molar refractivity (Wildman–Crippen MR) is 82.3 cm³/mol. The molecule has 1 rings (SSSR count). The molecule has 1 aromatic rings. The highest BCUT2D eigenvalue weighted by Gasteiger charge is 2.22. The predicted octanol–water partition coefficient (Wildman–Crippen LogP) is 1.90. The number of nitrogens with zero attached hydrogens (tertiary/aromatic N) is 1. The summed E-state index contributed by atoms with van der Waals surface area (Å²) < 4.78 is 15.2. The largest absolute Gasteiger partial charge is 0.493 e. The maximum absolute atomic E-state index is 12.6. The van der Waals surface area contributed by atoms with Crippen LogP contribution in [0.15, 0.2) is 30.0 Å². The van der Waals surface area contributed by atoms with Crippen molar-refractivity contribution in [3.63, 3.8) is 0 Å². The molecule has 0 aliphatic carbocycles. The zero-order valence-corrected chi connectivity index (χ0v) is 13.5. The van der Waals surface area contributed by atoms with E-state index in [9.17, 15) is 9.59 Å². The summed E-state index contributed by atoms with van der Waals surface area (Å²) in [7, 11) is 6.44. The van der Waals surface area contributed by atoms with Crippen molar-refractivity contribution >= 4 is 11.8 Å². The summed E-state index contributed by atoms with van der Waals surface area (Å²) in [6.45, 7) is 1.88. The summed E-state index contributed by atoms with van der Waals surface area (Å²) in [6, 6.07) is 4.72. The number of hydrogen-bond acceptors (Lipinski definition) is 6. The van der Waals surface area contributed by atoms with Crippen LogP contribution in [0.5, 0.6) is 11.5 Å². The van der Waals surface area contributed by atoms with Crippen LogP contribution in [0, 0.1) is 0 Å². The number of methoxy groups -OCH3 is 2. The molecular weight excluding hydrogens is 286 g/mol. The van der Waals surface area contributed by atoms with E-state index in [2.05, 4.69) is 0 Å². The first-order chi connectivity index (χ1) is 10.4. The van der Waals surface area contributed by atoms with Gasteiger partial charge in [0.15, 0.2) is 11.5 Å². The third-order valence-corrected chi connectivity index (χ3v) is 2.77. The van der Waals surface area contributed by atoms with Crippen molar-refractivity contribution in [2.45, 2.75) is 6.92 Å². The van der Waals surface area contributed by atoms with Gasteiger partial charge >= 0.3 is 5.97 Å². The third-order valence-electron chi connectivity index (χ3n) is 2.77. The van der Waals surface area contributed by atoms with Crippen LogP contribution in [0.1, 0.15) is 17.3 Å². The van der Waals surface area contributed by atoms with Gasteiger partial charge in [-0.3, -0.25) is 4.79 Å². The van der Waals surface area contributed by atoms with Crippen molar-refractivity contribution in [2.75, 3.05) is 34.9 Å². The van der Waals surface area contributed by atoms with Gasteiger partial charge in [0, 0.05) is 25.9 Å². The average Bonchev–Trinajstić information content (AvgIpc) is 2.51. The normalized spacial score (nSPS) is 10.9. The molecule has 6 nitrogen and oxygen atoms in total. The van der Waals surface area contributed by atoms with Crippen molar-refractivity contribution in [1.82, 2.24) is 4.90 Å². The average molecular weight is 307 g/mol. The molecule has 0 fully saturated rings. The number of carbonyl (C=O) groups is 2. The molecule has 120 valence electrons.